The number of nitrogens with zero attached hydrogens (tertiary/aromatic N) is 3. The van der Waals surface area contributed by atoms with Crippen molar-refractivity contribution < 1.29 is 9.47 Å². The molecule has 0 unspecified atom stereocenters. The summed E-state index contributed by atoms with van der Waals surface area (Å²) in [5.41, 5.74) is -1.35. The quantitative estimate of drug-likeness (QED) is 0.728. The van der Waals surface area contributed by atoms with Crippen molar-refractivity contribution >= 4 is 5.90 Å². The molecular formula is C22H24N4O2. The van der Waals surface area contributed by atoms with Gasteiger partial charge in [0.05, 0.1) is 24.1 Å². The molecule has 6 heteroatoms. The highest BCUT2D eigenvalue weighted by Gasteiger charge is 2.80. The molecule has 0 radical (unpaired) electrons. The minimum Gasteiger partial charge on any atom is -0.447 e. The lowest BCUT2D eigenvalue weighted by Crippen LogP contribution is -2.76. The predicted molar refractivity (Wildman–Crippen MR) is 100 cm³/mol. The van der Waals surface area contributed by atoms with Crippen LogP contribution in [0.1, 0.15) is 51.9 Å². The average Bonchev–Trinajstić information content (AvgIpc) is 2.72. The number of nitrogens with one attached hydrogen (secondary N) is 1. The van der Waals surface area contributed by atoms with Gasteiger partial charge in [-0.2, -0.15) is 15.8 Å². The largest absolute Gasteiger partial charge is 0.447 e. The molecule has 6 nitrogen and oxygen atoms in total. The van der Waals surface area contributed by atoms with Crippen molar-refractivity contribution in [2.24, 2.45) is 22.7 Å². The Morgan fingerprint density at radius 3 is 2.54 bits per heavy atom. The van der Waals surface area contributed by atoms with Gasteiger partial charge >= 0.3 is 0 Å². The highest BCUT2D eigenvalue weighted by molar-refractivity contribution is 5.89. The molecule has 2 bridgehead atoms. The molecule has 4 fully saturated rings. The monoisotopic (exact) mass is 376 g/mol. The molecule has 3 saturated heterocycles. The highest BCUT2D eigenvalue weighted by atomic mass is 16.7. The maximum Gasteiger partial charge on any atom is 0.218 e. The van der Waals surface area contributed by atoms with Crippen LogP contribution in [0.3, 0.4) is 0 Å². The fraction of sp³-hybridized carbons (Fsp3) is 0.636. The molecular weight excluding hydrogens is 352 g/mol. The van der Waals surface area contributed by atoms with Gasteiger partial charge in [-0.25, -0.2) is 0 Å². The zero-order valence-corrected chi connectivity index (χ0v) is 16.1. The third-order valence-corrected chi connectivity index (χ3v) is 7.30. The van der Waals surface area contributed by atoms with E-state index in [0.29, 0.717) is 25.2 Å². The van der Waals surface area contributed by atoms with Crippen LogP contribution in [0.15, 0.2) is 23.8 Å². The van der Waals surface area contributed by atoms with Crippen LogP contribution < -0.4 is 0 Å². The van der Waals surface area contributed by atoms with E-state index in [1.807, 2.05) is 6.92 Å². The molecule has 1 saturated carbocycles. The van der Waals surface area contributed by atoms with Gasteiger partial charge in [0.2, 0.25) is 11.7 Å². The minimum absolute atomic E-state index is 0.282. The Morgan fingerprint density at radius 1 is 1.21 bits per heavy atom. The van der Waals surface area contributed by atoms with Gasteiger partial charge in [0.25, 0.3) is 0 Å². The third kappa shape index (κ3) is 2.06. The Hall–Kier alpha value is -2.62. The van der Waals surface area contributed by atoms with E-state index in [9.17, 15) is 15.8 Å². The smallest absolute Gasteiger partial charge is 0.218 e. The molecule has 0 aromatic heterocycles. The second kappa shape index (κ2) is 6.20. The first-order valence-electron chi connectivity index (χ1n) is 9.94. The van der Waals surface area contributed by atoms with E-state index in [4.69, 9.17) is 14.9 Å². The van der Waals surface area contributed by atoms with Gasteiger partial charge in [-0.1, -0.05) is 24.6 Å². The normalized spacial score (nSPS) is 40.7. The molecule has 5 aliphatic rings. The molecule has 5 rings (SSSR count). The SMILES string of the molecule is C=C(C)[C@@H]1CC=C([C@H]2O[C@@]34CCCC[C@@H]3C(C#N)(C#N)[C@@]2(C#N)C(=N)O4)CC1. The van der Waals surface area contributed by atoms with Crippen LogP contribution in [0.25, 0.3) is 0 Å². The van der Waals surface area contributed by atoms with Gasteiger partial charge in [-0.3, -0.25) is 5.41 Å². The van der Waals surface area contributed by atoms with Gasteiger partial charge in [0.1, 0.15) is 6.10 Å². The molecule has 1 N–H and O–H groups in total. The average molecular weight is 376 g/mol. The Bertz CT molecular complexity index is 887. The van der Waals surface area contributed by atoms with Crippen LogP contribution in [-0.2, 0) is 9.47 Å². The second-order valence-electron chi connectivity index (χ2n) is 8.59. The first-order chi connectivity index (χ1) is 13.4. The Labute approximate surface area is 165 Å². The Kier molecular flexibility index (Phi) is 4.14. The summed E-state index contributed by atoms with van der Waals surface area (Å²) in [5, 5.41) is 39.2. The third-order valence-electron chi connectivity index (χ3n) is 7.30. The molecule has 0 aromatic carbocycles. The maximum absolute atomic E-state index is 10.3. The standard InChI is InChI=1S/C22H24N4O2/c1-14(2)15-6-8-16(9-7-15)18-21(13-25)19(26)28-22(27-18)10-4-3-5-17(22)20(21,11-23)12-24/h8,15,17-18,26H,1,3-7,9-10H2,2H3/t15-,17-,18-,21-,22-/m1/s1. The number of nitriles is 3. The van der Waals surface area contributed by atoms with Crippen molar-refractivity contribution in [1.29, 1.82) is 21.2 Å². The fourth-order valence-corrected chi connectivity index (χ4v) is 5.72. The number of ether oxygens (including phenoxy) is 2. The summed E-state index contributed by atoms with van der Waals surface area (Å²) in [5.74, 6) is -1.58. The van der Waals surface area contributed by atoms with Crippen LogP contribution in [0.5, 0.6) is 0 Å². The van der Waals surface area contributed by atoms with E-state index in [1.54, 1.807) is 0 Å². The van der Waals surface area contributed by atoms with E-state index in [-0.39, 0.29) is 5.90 Å². The number of hydrogen-bond donors (Lipinski definition) is 1. The van der Waals surface area contributed by atoms with E-state index < -0.39 is 28.6 Å². The summed E-state index contributed by atoms with van der Waals surface area (Å²) in [7, 11) is 0. The molecule has 0 amide bonds. The molecule has 1 spiro atoms. The topological polar surface area (TPSA) is 114 Å². The van der Waals surface area contributed by atoms with Gasteiger partial charge in [-0.05, 0) is 50.5 Å². The van der Waals surface area contributed by atoms with Gasteiger partial charge in [-0.15, -0.1) is 0 Å². The summed E-state index contributed by atoms with van der Waals surface area (Å²) in [6.45, 7) is 6.06. The van der Waals surface area contributed by atoms with Crippen molar-refractivity contribution in [1.82, 2.24) is 0 Å². The van der Waals surface area contributed by atoms with E-state index in [0.717, 1.165) is 36.8 Å². The van der Waals surface area contributed by atoms with Gasteiger partial charge < -0.3 is 9.47 Å². The Morgan fingerprint density at radius 2 is 1.96 bits per heavy atom. The van der Waals surface area contributed by atoms with Crippen molar-refractivity contribution in [3.8, 4) is 18.2 Å². The number of fused-ring (bicyclic) bond motifs is 2. The zero-order chi connectivity index (χ0) is 20.2. The predicted octanol–water partition coefficient (Wildman–Crippen LogP) is 4.13. The summed E-state index contributed by atoms with van der Waals surface area (Å²) in [4.78, 5) is 0. The molecule has 0 aromatic rings. The van der Waals surface area contributed by atoms with Crippen LogP contribution in [-0.4, -0.2) is 17.8 Å². The van der Waals surface area contributed by atoms with Gasteiger partial charge in [0, 0.05) is 6.42 Å². The molecule has 28 heavy (non-hydrogen) atoms. The molecule has 5 atom stereocenters. The highest BCUT2D eigenvalue weighted by Crippen LogP contribution is 2.67. The zero-order valence-electron chi connectivity index (χ0n) is 16.1. The van der Waals surface area contributed by atoms with Crippen LogP contribution in [0, 0.1) is 62.1 Å². The van der Waals surface area contributed by atoms with E-state index >= 15 is 0 Å². The Balaban J connectivity index is 1.87. The molecule has 3 aliphatic heterocycles. The number of hydrogen-bond acceptors (Lipinski definition) is 6. The summed E-state index contributed by atoms with van der Waals surface area (Å²) in [6, 6.07) is 6.55. The van der Waals surface area contributed by atoms with E-state index in [1.165, 1.54) is 0 Å². The van der Waals surface area contributed by atoms with Gasteiger partial charge in [0.15, 0.2) is 10.8 Å². The maximum atomic E-state index is 10.3. The summed E-state index contributed by atoms with van der Waals surface area (Å²) < 4.78 is 12.4. The summed E-state index contributed by atoms with van der Waals surface area (Å²) >= 11 is 0. The van der Waals surface area contributed by atoms with Crippen molar-refractivity contribution in [3.05, 3.63) is 23.8 Å². The fourth-order valence-electron chi connectivity index (χ4n) is 5.72. The van der Waals surface area contributed by atoms with E-state index in [2.05, 4.69) is 30.9 Å². The van der Waals surface area contributed by atoms with Crippen molar-refractivity contribution in [2.75, 3.05) is 0 Å². The van der Waals surface area contributed by atoms with Crippen molar-refractivity contribution in [3.63, 3.8) is 0 Å². The van der Waals surface area contributed by atoms with Crippen LogP contribution in [0.2, 0.25) is 0 Å². The van der Waals surface area contributed by atoms with Crippen molar-refractivity contribution in [2.45, 2.75) is 63.8 Å². The lowest BCUT2D eigenvalue weighted by atomic mass is 9.48. The first kappa shape index (κ1) is 18.7. The minimum atomic E-state index is -1.73. The lowest BCUT2D eigenvalue weighted by Gasteiger charge is -2.64. The summed E-state index contributed by atoms with van der Waals surface area (Å²) in [6.07, 6.45) is 6.47. The number of allylic oxidation sites excluding steroid dienone is 2. The first-order valence-corrected chi connectivity index (χ1v) is 9.94. The molecule has 3 heterocycles. The van der Waals surface area contributed by atoms with Crippen LogP contribution >= 0.6 is 0 Å². The van der Waals surface area contributed by atoms with Crippen LogP contribution in [0.4, 0.5) is 0 Å². The molecule has 144 valence electrons. The second-order valence-corrected chi connectivity index (χ2v) is 8.59. The molecule has 2 aliphatic carbocycles. The lowest BCUT2D eigenvalue weighted by molar-refractivity contribution is -0.350. The number of rotatable bonds is 2.